The lowest BCUT2D eigenvalue weighted by atomic mass is 10.0. The normalized spacial score (nSPS) is 31.7. The maximum atomic E-state index is 14.5. The van der Waals surface area contributed by atoms with Gasteiger partial charge < -0.3 is 20.4 Å². The zero-order valence-electron chi connectivity index (χ0n) is 18.0. The second-order valence-corrected chi connectivity index (χ2v) is 9.33. The molecule has 2 aromatic heterocycles. The summed E-state index contributed by atoms with van der Waals surface area (Å²) in [6.07, 6.45) is -1.83. The number of amides is 1. The summed E-state index contributed by atoms with van der Waals surface area (Å²) in [6, 6.07) is -0.628. The zero-order valence-corrected chi connectivity index (χ0v) is 18.0. The van der Waals surface area contributed by atoms with Gasteiger partial charge in [0.1, 0.15) is 35.9 Å². The fourth-order valence-corrected chi connectivity index (χ4v) is 5.50. The van der Waals surface area contributed by atoms with Gasteiger partial charge in [0, 0.05) is 18.1 Å². The van der Waals surface area contributed by atoms with Crippen LogP contribution in [0.1, 0.15) is 34.9 Å². The third-order valence-electron chi connectivity index (χ3n) is 7.27. The SMILES string of the molecule is O=C(c1[nH]nc2ncnc(N[C@H]3[C@H](O)[C@H](O)[C@@H]4C[C@@H]43)c12)N1C[C@@H](F)C[C@@H]1c1cc(F)cc(F)c1F. The number of anilines is 1. The van der Waals surface area contributed by atoms with Crippen molar-refractivity contribution >= 4 is 22.8 Å². The summed E-state index contributed by atoms with van der Waals surface area (Å²) in [7, 11) is 0. The van der Waals surface area contributed by atoms with Crippen LogP contribution < -0.4 is 5.32 Å². The van der Waals surface area contributed by atoms with Crippen LogP contribution in [0.4, 0.5) is 23.4 Å². The lowest BCUT2D eigenvalue weighted by Gasteiger charge is -2.25. The van der Waals surface area contributed by atoms with E-state index in [1.807, 2.05) is 0 Å². The number of aromatic amines is 1. The molecule has 13 heteroatoms. The maximum Gasteiger partial charge on any atom is 0.273 e. The number of likely N-dealkylation sites (tertiary alicyclic amines) is 1. The predicted octanol–water partition coefficient (Wildman–Crippen LogP) is 1.85. The van der Waals surface area contributed by atoms with Gasteiger partial charge in [-0.05, 0) is 24.3 Å². The summed E-state index contributed by atoms with van der Waals surface area (Å²) in [6.45, 7) is -0.421. The molecule has 1 amide bonds. The molecule has 1 saturated heterocycles. The highest BCUT2D eigenvalue weighted by Gasteiger charge is 2.59. The van der Waals surface area contributed by atoms with Crippen LogP contribution in [0.5, 0.6) is 0 Å². The summed E-state index contributed by atoms with van der Waals surface area (Å²) in [5.41, 5.74) is -0.473. The van der Waals surface area contributed by atoms with Gasteiger partial charge in [-0.1, -0.05) is 0 Å². The van der Waals surface area contributed by atoms with E-state index in [0.29, 0.717) is 6.07 Å². The minimum Gasteiger partial charge on any atom is -0.390 e. The number of benzene rings is 1. The molecule has 0 unspecified atom stereocenters. The lowest BCUT2D eigenvalue weighted by molar-refractivity contribution is 0.0201. The zero-order chi connectivity index (χ0) is 24.6. The molecule has 184 valence electrons. The number of hydrogen-bond acceptors (Lipinski definition) is 7. The summed E-state index contributed by atoms with van der Waals surface area (Å²) >= 11 is 0. The van der Waals surface area contributed by atoms with Crippen molar-refractivity contribution < 1.29 is 32.6 Å². The second-order valence-electron chi connectivity index (χ2n) is 9.33. The Morgan fingerprint density at radius 2 is 1.91 bits per heavy atom. The molecule has 3 aliphatic rings. The summed E-state index contributed by atoms with van der Waals surface area (Å²) < 4.78 is 56.6. The molecule has 1 aliphatic heterocycles. The van der Waals surface area contributed by atoms with E-state index < -0.39 is 65.9 Å². The highest BCUT2D eigenvalue weighted by molar-refractivity contribution is 6.08. The van der Waals surface area contributed by atoms with E-state index >= 15 is 0 Å². The molecule has 1 aromatic carbocycles. The van der Waals surface area contributed by atoms with E-state index in [1.54, 1.807) is 0 Å². The van der Waals surface area contributed by atoms with Crippen LogP contribution >= 0.6 is 0 Å². The number of hydrogen-bond donors (Lipinski definition) is 4. The van der Waals surface area contributed by atoms with Gasteiger partial charge >= 0.3 is 0 Å². The van der Waals surface area contributed by atoms with Crippen molar-refractivity contribution in [2.45, 2.75) is 43.3 Å². The number of aliphatic hydroxyl groups excluding tert-OH is 2. The second kappa shape index (κ2) is 7.85. The Balaban J connectivity index is 1.37. The third kappa shape index (κ3) is 3.44. The molecule has 0 bridgehead atoms. The average Bonchev–Trinajstić information content (AvgIpc) is 3.23. The number of fused-ring (bicyclic) bond motifs is 2. The average molecular weight is 492 g/mol. The van der Waals surface area contributed by atoms with Crippen molar-refractivity contribution in [1.29, 1.82) is 0 Å². The third-order valence-corrected chi connectivity index (χ3v) is 7.27. The molecule has 0 spiro atoms. The Hall–Kier alpha value is -3.32. The van der Waals surface area contributed by atoms with Crippen LogP contribution in [0.2, 0.25) is 0 Å². The minimum atomic E-state index is -1.54. The number of alkyl halides is 1. The first kappa shape index (κ1) is 22.2. The maximum absolute atomic E-state index is 14.5. The van der Waals surface area contributed by atoms with Crippen LogP contribution in [0.15, 0.2) is 18.5 Å². The van der Waals surface area contributed by atoms with E-state index in [4.69, 9.17) is 0 Å². The Morgan fingerprint density at radius 1 is 1.11 bits per heavy atom. The number of rotatable bonds is 4. The summed E-state index contributed by atoms with van der Waals surface area (Å²) in [5, 5.41) is 30.3. The first-order chi connectivity index (χ1) is 16.7. The molecule has 4 N–H and O–H groups in total. The molecule has 0 radical (unpaired) electrons. The van der Waals surface area contributed by atoms with E-state index in [0.717, 1.165) is 17.4 Å². The van der Waals surface area contributed by atoms with E-state index in [1.165, 1.54) is 6.33 Å². The molecule has 3 aromatic rings. The van der Waals surface area contributed by atoms with Crippen LogP contribution in [-0.2, 0) is 0 Å². The molecule has 6 rings (SSSR count). The standard InChI is InChI=1S/C22H20F4N6O3/c23-7-1-11(15(26)12(25)2-7)13-3-8(24)5-32(13)22(35)17-14-20(27-6-28-21(14)31-30-17)29-16-9-4-10(9)18(33)19(16)34/h1-2,6,8-10,13,16,18-19,33-34H,3-5H2,(H2,27,28,29,30,31)/t8-,9-,10+,13+,16+,18+,19-/m0/s1. The minimum absolute atomic E-state index is 0.0151. The van der Waals surface area contributed by atoms with Crippen LogP contribution in [0, 0.1) is 29.3 Å². The van der Waals surface area contributed by atoms with Gasteiger partial charge in [-0.25, -0.2) is 27.5 Å². The predicted molar refractivity (Wildman–Crippen MR) is 112 cm³/mol. The number of carbonyl (C=O) groups excluding carboxylic acids is 1. The number of nitrogens with zero attached hydrogens (tertiary/aromatic N) is 4. The number of carbonyl (C=O) groups is 1. The summed E-state index contributed by atoms with van der Waals surface area (Å²) in [4.78, 5) is 22.7. The number of H-pyrrole nitrogens is 1. The largest absolute Gasteiger partial charge is 0.390 e. The Labute approximate surface area is 195 Å². The number of aromatic nitrogens is 4. The van der Waals surface area contributed by atoms with Crippen molar-refractivity contribution in [1.82, 2.24) is 25.1 Å². The van der Waals surface area contributed by atoms with Gasteiger partial charge in [0.2, 0.25) is 0 Å². The molecule has 7 atom stereocenters. The number of nitrogens with one attached hydrogen (secondary N) is 2. The summed E-state index contributed by atoms with van der Waals surface area (Å²) in [5.74, 6) is -4.41. The molecule has 2 saturated carbocycles. The molecule has 3 heterocycles. The Kier molecular flexibility index (Phi) is 4.97. The van der Waals surface area contributed by atoms with Crippen LogP contribution in [0.3, 0.4) is 0 Å². The van der Waals surface area contributed by atoms with Gasteiger partial charge in [0.15, 0.2) is 17.3 Å². The number of halogens is 4. The highest BCUT2D eigenvalue weighted by atomic mass is 19.2. The van der Waals surface area contributed by atoms with Crippen molar-refractivity contribution in [3.05, 3.63) is 47.2 Å². The van der Waals surface area contributed by atoms with E-state index in [9.17, 15) is 32.6 Å². The first-order valence-electron chi connectivity index (χ1n) is 11.2. The highest BCUT2D eigenvalue weighted by Crippen LogP contribution is 2.53. The molecule has 9 nitrogen and oxygen atoms in total. The molecule has 35 heavy (non-hydrogen) atoms. The molecule has 2 aliphatic carbocycles. The van der Waals surface area contributed by atoms with Crippen molar-refractivity contribution in [2.24, 2.45) is 11.8 Å². The topological polar surface area (TPSA) is 127 Å². The first-order valence-corrected chi connectivity index (χ1v) is 11.2. The van der Waals surface area contributed by atoms with Crippen molar-refractivity contribution in [2.75, 3.05) is 11.9 Å². The van der Waals surface area contributed by atoms with Gasteiger partial charge in [-0.3, -0.25) is 9.89 Å². The fraction of sp³-hybridized carbons (Fsp3) is 0.455. The van der Waals surface area contributed by atoms with Gasteiger partial charge in [-0.2, -0.15) is 5.10 Å². The van der Waals surface area contributed by atoms with Crippen LogP contribution in [-0.4, -0.2) is 72.2 Å². The van der Waals surface area contributed by atoms with Gasteiger partial charge in [-0.15, -0.1) is 0 Å². The quantitative estimate of drug-likeness (QED) is 0.323. The Morgan fingerprint density at radius 3 is 2.66 bits per heavy atom. The molecular weight excluding hydrogens is 472 g/mol. The van der Waals surface area contributed by atoms with E-state index in [2.05, 4.69) is 25.5 Å². The monoisotopic (exact) mass is 492 g/mol. The molecular formula is C22H20F4N6O3. The lowest BCUT2D eigenvalue weighted by Crippen LogP contribution is -2.38. The molecule has 3 fully saturated rings. The number of aliphatic hydroxyl groups is 2. The van der Waals surface area contributed by atoms with Gasteiger partial charge in [0.05, 0.1) is 30.1 Å². The smallest absolute Gasteiger partial charge is 0.273 e. The van der Waals surface area contributed by atoms with Crippen molar-refractivity contribution in [3.63, 3.8) is 0 Å². The Bertz CT molecular complexity index is 1340. The fourth-order valence-electron chi connectivity index (χ4n) is 5.50. The van der Waals surface area contributed by atoms with Gasteiger partial charge in [0.25, 0.3) is 5.91 Å². The van der Waals surface area contributed by atoms with E-state index in [-0.39, 0.29) is 40.8 Å². The van der Waals surface area contributed by atoms with Crippen molar-refractivity contribution in [3.8, 4) is 0 Å². The van der Waals surface area contributed by atoms with Crippen LogP contribution in [0.25, 0.3) is 11.0 Å².